The fourth-order valence-electron chi connectivity index (χ4n) is 0.667. The van der Waals surface area contributed by atoms with E-state index in [4.69, 9.17) is 19.9 Å². The first-order chi connectivity index (χ1) is 7.41. The molecule has 0 atom stereocenters. The van der Waals surface area contributed by atoms with E-state index in [0.29, 0.717) is 32.6 Å². The first-order valence-electron chi connectivity index (χ1n) is 5.00. The molecular formula is C9H20N2O4. The Balaban J connectivity index is 2.97. The van der Waals surface area contributed by atoms with Gasteiger partial charge in [0.1, 0.15) is 0 Å². The Morgan fingerprint density at radius 3 is 2.33 bits per heavy atom. The predicted molar refractivity (Wildman–Crippen MR) is 55.6 cm³/mol. The van der Waals surface area contributed by atoms with Crippen molar-refractivity contribution in [3.63, 3.8) is 0 Å². The molecule has 0 radical (unpaired) electrons. The second kappa shape index (κ2) is 13.3. The van der Waals surface area contributed by atoms with Crippen LogP contribution in [0.4, 0.5) is 0 Å². The fourth-order valence-corrected chi connectivity index (χ4v) is 0.667. The lowest BCUT2D eigenvalue weighted by Crippen LogP contribution is -2.16. The summed E-state index contributed by atoms with van der Waals surface area (Å²) >= 11 is 0. The molecule has 0 aliphatic carbocycles. The van der Waals surface area contributed by atoms with Crippen molar-refractivity contribution in [2.75, 3.05) is 33.0 Å². The van der Waals surface area contributed by atoms with Crippen LogP contribution in [-0.4, -0.2) is 43.2 Å². The normalized spacial score (nSPS) is 11.1. The molecule has 0 aliphatic heterocycles. The minimum Gasteiger partial charge on any atom is -0.396 e. The predicted octanol–water partition coefficient (Wildman–Crippen LogP) is -0.693. The van der Waals surface area contributed by atoms with Crippen molar-refractivity contribution < 1.29 is 19.9 Å². The minimum absolute atomic E-state index is 0.131. The second-order valence-corrected chi connectivity index (χ2v) is 2.72. The molecule has 0 heterocycles. The Morgan fingerprint density at radius 2 is 1.67 bits per heavy atom. The molecule has 0 unspecified atom stereocenters. The Bertz CT molecular complexity index is 144. The minimum atomic E-state index is 0.131. The average Bonchev–Trinajstić information content (AvgIpc) is 2.26. The van der Waals surface area contributed by atoms with E-state index in [1.54, 1.807) is 12.3 Å². The zero-order valence-electron chi connectivity index (χ0n) is 8.82. The summed E-state index contributed by atoms with van der Waals surface area (Å²) in [5.41, 5.74) is 5.28. The summed E-state index contributed by atoms with van der Waals surface area (Å²) in [7, 11) is 0. The number of nitrogens with one attached hydrogen (secondary N) is 2. The van der Waals surface area contributed by atoms with E-state index in [2.05, 4.69) is 11.0 Å². The van der Waals surface area contributed by atoms with Crippen molar-refractivity contribution >= 4 is 0 Å². The Hall–Kier alpha value is -0.660. The van der Waals surface area contributed by atoms with Gasteiger partial charge in [0.05, 0.1) is 13.2 Å². The molecule has 0 amide bonds. The summed E-state index contributed by atoms with van der Waals surface area (Å²) in [5.74, 6) is 0. The van der Waals surface area contributed by atoms with Gasteiger partial charge >= 0.3 is 0 Å². The first kappa shape index (κ1) is 14.3. The average molecular weight is 220 g/mol. The SMILES string of the molecule is OCCCONC=CCNOCCCO. The molecule has 6 nitrogen and oxygen atoms in total. The highest BCUT2D eigenvalue weighted by Gasteiger charge is 1.84. The second-order valence-electron chi connectivity index (χ2n) is 2.72. The van der Waals surface area contributed by atoms with Gasteiger partial charge in [-0.05, 0) is 12.8 Å². The molecule has 4 N–H and O–H groups in total. The molecule has 0 fully saturated rings. The molecule has 0 saturated carbocycles. The van der Waals surface area contributed by atoms with Crippen LogP contribution < -0.4 is 11.0 Å². The molecule has 0 spiro atoms. The number of hydroxylamine groups is 2. The zero-order chi connectivity index (χ0) is 11.2. The summed E-state index contributed by atoms with van der Waals surface area (Å²) in [6.07, 6.45) is 4.67. The number of hydrogen-bond donors (Lipinski definition) is 4. The highest BCUT2D eigenvalue weighted by molar-refractivity contribution is 4.77. The van der Waals surface area contributed by atoms with Gasteiger partial charge in [-0.1, -0.05) is 6.08 Å². The van der Waals surface area contributed by atoms with Crippen molar-refractivity contribution in [3.8, 4) is 0 Å². The van der Waals surface area contributed by atoms with Crippen LogP contribution >= 0.6 is 0 Å². The smallest absolute Gasteiger partial charge is 0.0767 e. The third kappa shape index (κ3) is 13.3. The first-order valence-corrected chi connectivity index (χ1v) is 5.00. The van der Waals surface area contributed by atoms with Crippen molar-refractivity contribution in [2.24, 2.45) is 0 Å². The number of rotatable bonds is 11. The van der Waals surface area contributed by atoms with Gasteiger partial charge in [-0.2, -0.15) is 5.48 Å². The van der Waals surface area contributed by atoms with Gasteiger partial charge in [0, 0.05) is 26.0 Å². The zero-order valence-corrected chi connectivity index (χ0v) is 8.82. The highest BCUT2D eigenvalue weighted by atomic mass is 16.6. The van der Waals surface area contributed by atoms with Crippen LogP contribution in [0, 0.1) is 0 Å². The highest BCUT2D eigenvalue weighted by Crippen LogP contribution is 1.78. The molecule has 15 heavy (non-hydrogen) atoms. The van der Waals surface area contributed by atoms with Crippen LogP contribution in [0.2, 0.25) is 0 Å². The van der Waals surface area contributed by atoms with Crippen LogP contribution in [0.5, 0.6) is 0 Å². The largest absolute Gasteiger partial charge is 0.396 e. The lowest BCUT2D eigenvalue weighted by atomic mass is 10.5. The van der Waals surface area contributed by atoms with E-state index < -0.39 is 0 Å². The summed E-state index contributed by atoms with van der Waals surface area (Å²) in [6, 6.07) is 0. The number of hydrogen-bond acceptors (Lipinski definition) is 6. The Morgan fingerprint density at radius 1 is 1.00 bits per heavy atom. The summed E-state index contributed by atoms with van der Waals surface area (Å²) in [6.45, 7) is 1.79. The monoisotopic (exact) mass is 220 g/mol. The van der Waals surface area contributed by atoms with E-state index in [-0.39, 0.29) is 13.2 Å². The molecular weight excluding hydrogens is 200 g/mol. The summed E-state index contributed by atoms with van der Waals surface area (Å²) in [4.78, 5) is 9.88. The van der Waals surface area contributed by atoms with Crippen molar-refractivity contribution in [1.82, 2.24) is 11.0 Å². The van der Waals surface area contributed by atoms with Crippen LogP contribution in [0.3, 0.4) is 0 Å². The third-order valence-corrected chi connectivity index (χ3v) is 1.38. The maximum Gasteiger partial charge on any atom is 0.0767 e. The maximum atomic E-state index is 8.44. The Labute approximate surface area is 89.8 Å². The fraction of sp³-hybridized carbons (Fsp3) is 0.778. The van der Waals surface area contributed by atoms with E-state index in [0.717, 1.165) is 0 Å². The van der Waals surface area contributed by atoms with Gasteiger partial charge in [0.15, 0.2) is 0 Å². The van der Waals surface area contributed by atoms with Crippen LogP contribution in [0.15, 0.2) is 12.3 Å². The van der Waals surface area contributed by atoms with Gasteiger partial charge in [-0.25, -0.2) is 0 Å². The van der Waals surface area contributed by atoms with E-state index in [9.17, 15) is 0 Å². The molecule has 0 aliphatic rings. The van der Waals surface area contributed by atoms with E-state index in [1.807, 2.05) is 0 Å². The lowest BCUT2D eigenvalue weighted by Gasteiger charge is -2.02. The van der Waals surface area contributed by atoms with Crippen LogP contribution in [-0.2, 0) is 9.68 Å². The summed E-state index contributed by atoms with van der Waals surface area (Å²) < 4.78 is 0. The van der Waals surface area contributed by atoms with Crippen molar-refractivity contribution in [1.29, 1.82) is 0 Å². The molecule has 0 bridgehead atoms. The van der Waals surface area contributed by atoms with Gasteiger partial charge < -0.3 is 15.1 Å². The maximum absolute atomic E-state index is 8.44. The van der Waals surface area contributed by atoms with Gasteiger partial charge in [0.2, 0.25) is 0 Å². The summed E-state index contributed by atoms with van der Waals surface area (Å²) in [5, 5.41) is 16.9. The lowest BCUT2D eigenvalue weighted by molar-refractivity contribution is 0.0382. The van der Waals surface area contributed by atoms with Crippen molar-refractivity contribution in [2.45, 2.75) is 12.8 Å². The van der Waals surface area contributed by atoms with E-state index in [1.165, 1.54) is 0 Å². The van der Waals surface area contributed by atoms with Gasteiger partial charge in [-0.3, -0.25) is 10.3 Å². The van der Waals surface area contributed by atoms with Gasteiger partial charge in [0.25, 0.3) is 0 Å². The van der Waals surface area contributed by atoms with Gasteiger partial charge in [-0.15, -0.1) is 0 Å². The van der Waals surface area contributed by atoms with Crippen LogP contribution in [0.25, 0.3) is 0 Å². The standard InChI is InChI=1S/C9H20N2O4/c12-6-2-8-14-10-4-1-5-11-15-9-3-7-13/h1,4,10-13H,2-3,5-9H2. The van der Waals surface area contributed by atoms with E-state index >= 15 is 0 Å². The molecule has 90 valence electrons. The molecule has 0 saturated heterocycles. The molecule has 0 aromatic rings. The molecule has 0 aromatic heterocycles. The van der Waals surface area contributed by atoms with Crippen molar-refractivity contribution in [3.05, 3.63) is 12.3 Å². The Kier molecular flexibility index (Phi) is 12.8. The quantitative estimate of drug-likeness (QED) is 0.272. The number of aliphatic hydroxyl groups is 2. The topological polar surface area (TPSA) is 83.0 Å². The number of aliphatic hydroxyl groups excluding tert-OH is 2. The molecule has 0 aromatic carbocycles. The van der Waals surface area contributed by atoms with Crippen LogP contribution in [0.1, 0.15) is 12.8 Å². The molecule has 0 rings (SSSR count). The molecule has 6 heteroatoms. The third-order valence-electron chi connectivity index (χ3n) is 1.38.